The van der Waals surface area contributed by atoms with Crippen molar-refractivity contribution in [1.82, 2.24) is 10.6 Å². The minimum absolute atomic E-state index is 0.00389. The number of carbonyl (C=O) groups is 1. The fourth-order valence-corrected chi connectivity index (χ4v) is 3.37. The summed E-state index contributed by atoms with van der Waals surface area (Å²) in [5.41, 5.74) is 0. The van der Waals surface area contributed by atoms with E-state index in [1.54, 1.807) is 0 Å². The van der Waals surface area contributed by atoms with Gasteiger partial charge in [-0.05, 0) is 12.3 Å². The summed E-state index contributed by atoms with van der Waals surface area (Å²) in [5.74, 6) is 0.680. The van der Waals surface area contributed by atoms with Crippen molar-refractivity contribution in [2.24, 2.45) is 5.92 Å². The molecular weight excluding hydrogens is 256 g/mol. The van der Waals surface area contributed by atoms with Crippen molar-refractivity contribution in [3.05, 3.63) is 0 Å². The zero-order valence-corrected chi connectivity index (χ0v) is 12.6. The highest BCUT2D eigenvalue weighted by atomic mass is 16.6. The lowest BCUT2D eigenvalue weighted by Gasteiger charge is -2.33. The normalized spacial score (nSPS) is 27.2. The molecule has 3 atom stereocenters. The maximum Gasteiger partial charge on any atom is 0.407 e. The number of hydrogen-bond acceptors (Lipinski definition) is 4. The molecule has 1 saturated carbocycles. The molecule has 0 radical (unpaired) electrons. The highest BCUT2D eigenvalue weighted by Crippen LogP contribution is 2.29. The van der Waals surface area contributed by atoms with Gasteiger partial charge in [-0.15, -0.1) is 0 Å². The molecule has 2 rings (SSSR count). The third-order valence-corrected chi connectivity index (χ3v) is 4.36. The van der Waals surface area contributed by atoms with Gasteiger partial charge in [-0.1, -0.05) is 46.0 Å². The van der Waals surface area contributed by atoms with E-state index in [2.05, 4.69) is 24.5 Å². The van der Waals surface area contributed by atoms with Crippen LogP contribution in [0.25, 0.3) is 0 Å². The first-order chi connectivity index (χ1) is 9.56. The van der Waals surface area contributed by atoms with Gasteiger partial charge in [-0.3, -0.25) is 0 Å². The Morgan fingerprint density at radius 3 is 2.60 bits per heavy atom. The predicted octanol–water partition coefficient (Wildman–Crippen LogP) is 1.79. The second-order valence-corrected chi connectivity index (χ2v) is 6.48. The Morgan fingerprint density at radius 1 is 1.35 bits per heavy atom. The third kappa shape index (κ3) is 4.35. The fourth-order valence-electron chi connectivity index (χ4n) is 3.37. The third-order valence-electron chi connectivity index (χ3n) is 4.36. The summed E-state index contributed by atoms with van der Waals surface area (Å²) in [4.78, 5) is 11.1. The highest BCUT2D eigenvalue weighted by Gasteiger charge is 2.36. The Bertz CT molecular complexity index is 316. The summed E-state index contributed by atoms with van der Waals surface area (Å²) in [6.07, 6.45) is 5.93. The number of rotatable bonds is 6. The quantitative estimate of drug-likeness (QED) is 0.695. The monoisotopic (exact) mass is 284 g/mol. The van der Waals surface area contributed by atoms with Crippen LogP contribution in [0.15, 0.2) is 0 Å². The summed E-state index contributed by atoms with van der Waals surface area (Å²) >= 11 is 0. The van der Waals surface area contributed by atoms with Crippen molar-refractivity contribution in [3.63, 3.8) is 0 Å². The molecule has 0 spiro atoms. The number of cyclic esters (lactones) is 1. The Labute approximate surface area is 121 Å². The largest absolute Gasteiger partial charge is 0.442 e. The maximum absolute atomic E-state index is 11.1. The average Bonchev–Trinajstić information content (AvgIpc) is 2.84. The van der Waals surface area contributed by atoms with E-state index in [1.165, 1.54) is 32.1 Å². The van der Waals surface area contributed by atoms with Gasteiger partial charge in [-0.2, -0.15) is 0 Å². The molecule has 1 aliphatic heterocycles. The molecule has 0 aromatic rings. The lowest BCUT2D eigenvalue weighted by atomic mass is 9.83. The number of ether oxygens (including phenoxy) is 1. The maximum atomic E-state index is 11.1. The summed E-state index contributed by atoms with van der Waals surface area (Å²) in [7, 11) is 0. The van der Waals surface area contributed by atoms with Crippen LogP contribution in [0.3, 0.4) is 0 Å². The molecule has 2 fully saturated rings. The molecule has 3 unspecified atom stereocenters. The van der Waals surface area contributed by atoms with E-state index in [0.29, 0.717) is 18.5 Å². The molecule has 116 valence electrons. The van der Waals surface area contributed by atoms with E-state index in [1.807, 2.05) is 0 Å². The number of amides is 1. The van der Waals surface area contributed by atoms with Crippen LogP contribution in [-0.4, -0.2) is 42.0 Å². The van der Waals surface area contributed by atoms with Crippen molar-refractivity contribution >= 4 is 6.09 Å². The number of alkyl carbamates (subject to hydrolysis) is 1. The van der Waals surface area contributed by atoms with Crippen LogP contribution in [0.1, 0.15) is 52.4 Å². The summed E-state index contributed by atoms with van der Waals surface area (Å²) in [5, 5.41) is 16.6. The summed E-state index contributed by atoms with van der Waals surface area (Å²) < 4.78 is 5.13. The lowest BCUT2D eigenvalue weighted by Crippen LogP contribution is -2.50. The van der Waals surface area contributed by atoms with Crippen LogP contribution in [0, 0.1) is 5.92 Å². The van der Waals surface area contributed by atoms with Gasteiger partial charge in [0.15, 0.2) is 0 Å². The van der Waals surface area contributed by atoms with Crippen molar-refractivity contribution in [3.8, 4) is 0 Å². The Hall–Kier alpha value is -0.810. The Morgan fingerprint density at radius 2 is 2.05 bits per heavy atom. The van der Waals surface area contributed by atoms with Gasteiger partial charge in [0.1, 0.15) is 12.2 Å². The van der Waals surface area contributed by atoms with Crippen LogP contribution in [-0.2, 0) is 4.74 Å². The Balaban J connectivity index is 1.92. The molecule has 0 bridgehead atoms. The number of aliphatic hydroxyl groups is 1. The molecule has 20 heavy (non-hydrogen) atoms. The molecule has 5 heteroatoms. The van der Waals surface area contributed by atoms with Gasteiger partial charge < -0.3 is 20.5 Å². The minimum Gasteiger partial charge on any atom is -0.442 e. The van der Waals surface area contributed by atoms with Gasteiger partial charge in [-0.25, -0.2) is 4.79 Å². The van der Waals surface area contributed by atoms with Crippen LogP contribution in [0.2, 0.25) is 0 Å². The molecular formula is C15H28N2O3. The summed E-state index contributed by atoms with van der Waals surface area (Å²) in [6, 6.07) is 0.305. The molecule has 0 aromatic heterocycles. The molecule has 1 aliphatic carbocycles. The Kier molecular flexibility index (Phi) is 5.66. The molecule has 2 aliphatic rings. The van der Waals surface area contributed by atoms with Crippen LogP contribution < -0.4 is 10.6 Å². The van der Waals surface area contributed by atoms with E-state index in [0.717, 1.165) is 6.42 Å². The van der Waals surface area contributed by atoms with Crippen LogP contribution in [0.4, 0.5) is 4.79 Å². The van der Waals surface area contributed by atoms with E-state index >= 15 is 0 Å². The van der Waals surface area contributed by atoms with Gasteiger partial charge in [0.05, 0.1) is 6.54 Å². The standard InChI is InChI=1S/C15H28N2O3/c1-10(2)17-12(8-11-6-4-3-5-7-11)14(18)13-9-16-15(19)20-13/h10-14,17-18H,3-9H2,1-2H3,(H,16,19). The van der Waals surface area contributed by atoms with Gasteiger partial charge in [0, 0.05) is 12.1 Å². The minimum atomic E-state index is -0.640. The first kappa shape index (κ1) is 15.6. The highest BCUT2D eigenvalue weighted by molar-refractivity contribution is 5.69. The second kappa shape index (κ2) is 7.27. The van der Waals surface area contributed by atoms with Gasteiger partial charge in [0.25, 0.3) is 0 Å². The van der Waals surface area contributed by atoms with Gasteiger partial charge in [0.2, 0.25) is 0 Å². The topological polar surface area (TPSA) is 70.6 Å². The van der Waals surface area contributed by atoms with E-state index < -0.39 is 18.3 Å². The average molecular weight is 284 g/mol. The zero-order chi connectivity index (χ0) is 14.5. The van der Waals surface area contributed by atoms with E-state index in [9.17, 15) is 9.90 Å². The van der Waals surface area contributed by atoms with Crippen molar-refractivity contribution in [1.29, 1.82) is 0 Å². The SMILES string of the molecule is CC(C)NC(CC1CCCCC1)C(O)C1CNC(=O)O1. The first-order valence-electron chi connectivity index (χ1n) is 7.95. The van der Waals surface area contributed by atoms with Crippen LogP contribution >= 0.6 is 0 Å². The van der Waals surface area contributed by atoms with Gasteiger partial charge >= 0.3 is 6.09 Å². The van der Waals surface area contributed by atoms with Crippen LogP contribution in [0.5, 0.6) is 0 Å². The number of aliphatic hydroxyl groups excluding tert-OH is 1. The number of nitrogens with one attached hydrogen (secondary N) is 2. The molecule has 5 nitrogen and oxygen atoms in total. The van der Waals surface area contributed by atoms with Crippen molar-refractivity contribution in [2.45, 2.75) is 76.7 Å². The summed E-state index contributed by atoms with van der Waals surface area (Å²) in [6.45, 7) is 4.57. The fraction of sp³-hybridized carbons (Fsp3) is 0.933. The van der Waals surface area contributed by atoms with Crippen molar-refractivity contribution < 1.29 is 14.6 Å². The lowest BCUT2D eigenvalue weighted by molar-refractivity contribution is 0.00137. The second-order valence-electron chi connectivity index (χ2n) is 6.48. The molecule has 3 N–H and O–H groups in total. The zero-order valence-electron chi connectivity index (χ0n) is 12.6. The molecule has 1 amide bonds. The van der Waals surface area contributed by atoms with E-state index in [4.69, 9.17) is 4.74 Å². The van der Waals surface area contributed by atoms with Crippen molar-refractivity contribution in [2.75, 3.05) is 6.54 Å². The number of carbonyl (C=O) groups excluding carboxylic acids is 1. The molecule has 1 saturated heterocycles. The molecule has 1 heterocycles. The number of hydrogen-bond donors (Lipinski definition) is 3. The predicted molar refractivity (Wildman–Crippen MR) is 77.5 cm³/mol. The smallest absolute Gasteiger partial charge is 0.407 e. The first-order valence-corrected chi connectivity index (χ1v) is 7.95. The van der Waals surface area contributed by atoms with E-state index in [-0.39, 0.29) is 6.04 Å². The molecule has 0 aromatic carbocycles.